The van der Waals surface area contributed by atoms with Gasteiger partial charge in [0.2, 0.25) is 0 Å². The molecule has 0 unspecified atom stereocenters. The maximum Gasteiger partial charge on any atom is 0.120 e. The van der Waals surface area contributed by atoms with Gasteiger partial charge in [0.25, 0.3) is 0 Å². The van der Waals surface area contributed by atoms with Crippen LogP contribution >= 0.6 is 15.9 Å². The molecule has 0 aliphatic rings. The van der Waals surface area contributed by atoms with E-state index in [2.05, 4.69) is 52.3 Å². The summed E-state index contributed by atoms with van der Waals surface area (Å²) in [7, 11) is 0. The van der Waals surface area contributed by atoms with Crippen molar-refractivity contribution in [3.63, 3.8) is 0 Å². The molecule has 3 heteroatoms. The van der Waals surface area contributed by atoms with Crippen molar-refractivity contribution in [2.24, 2.45) is 5.73 Å². The Hall–Kier alpha value is -1.84. The molecule has 0 spiro atoms. The van der Waals surface area contributed by atoms with Gasteiger partial charge in [0.15, 0.2) is 0 Å². The summed E-state index contributed by atoms with van der Waals surface area (Å²) in [6.07, 6.45) is 0. The number of fused-ring (bicyclic) bond motifs is 1. The molecule has 0 saturated carbocycles. The van der Waals surface area contributed by atoms with Crippen LogP contribution in [0.25, 0.3) is 10.8 Å². The van der Waals surface area contributed by atoms with Gasteiger partial charge in [-0.2, -0.15) is 0 Å². The Kier molecular flexibility index (Phi) is 4.23. The lowest BCUT2D eigenvalue weighted by Crippen LogP contribution is -1.98. The minimum absolute atomic E-state index is 0.562. The van der Waals surface area contributed by atoms with Crippen LogP contribution in [0.2, 0.25) is 0 Å². The fourth-order valence-corrected chi connectivity index (χ4v) is 2.60. The Morgan fingerprint density at radius 1 is 0.810 bits per heavy atom. The molecule has 106 valence electrons. The zero-order valence-electron chi connectivity index (χ0n) is 11.6. The van der Waals surface area contributed by atoms with E-state index in [1.165, 1.54) is 10.8 Å². The molecule has 3 aromatic rings. The van der Waals surface area contributed by atoms with Gasteiger partial charge in [0, 0.05) is 11.0 Å². The summed E-state index contributed by atoms with van der Waals surface area (Å²) in [6.45, 7) is 1.13. The third kappa shape index (κ3) is 3.43. The second-order valence-electron chi connectivity index (χ2n) is 4.96. The average molecular weight is 342 g/mol. The number of hydrogen-bond donors (Lipinski definition) is 1. The monoisotopic (exact) mass is 341 g/mol. The fraction of sp³-hybridized carbons (Fsp3) is 0.111. The summed E-state index contributed by atoms with van der Waals surface area (Å²) in [4.78, 5) is 0. The predicted octanol–water partition coefficient (Wildman–Crippen LogP) is 4.64. The largest absolute Gasteiger partial charge is 0.489 e. The quantitative estimate of drug-likeness (QED) is 0.750. The first-order valence-electron chi connectivity index (χ1n) is 6.84. The number of ether oxygens (including phenoxy) is 1. The Morgan fingerprint density at radius 3 is 2.24 bits per heavy atom. The molecule has 0 amide bonds. The van der Waals surface area contributed by atoms with Gasteiger partial charge in [-0.25, -0.2) is 0 Å². The average Bonchev–Trinajstić information content (AvgIpc) is 2.53. The van der Waals surface area contributed by atoms with Crippen LogP contribution in [-0.2, 0) is 13.2 Å². The molecule has 0 atom stereocenters. The van der Waals surface area contributed by atoms with Crippen LogP contribution in [0.4, 0.5) is 0 Å². The van der Waals surface area contributed by atoms with Crippen molar-refractivity contribution in [1.29, 1.82) is 0 Å². The summed E-state index contributed by atoms with van der Waals surface area (Å²) >= 11 is 3.48. The molecule has 3 aromatic carbocycles. The van der Waals surface area contributed by atoms with E-state index in [9.17, 15) is 0 Å². The second-order valence-corrected chi connectivity index (χ2v) is 5.88. The molecule has 0 aromatic heterocycles. The van der Waals surface area contributed by atoms with Crippen LogP contribution in [0.5, 0.6) is 5.75 Å². The van der Waals surface area contributed by atoms with Gasteiger partial charge in [-0.1, -0.05) is 52.3 Å². The van der Waals surface area contributed by atoms with Crippen molar-refractivity contribution >= 4 is 26.7 Å². The van der Waals surface area contributed by atoms with E-state index in [-0.39, 0.29) is 0 Å². The molecule has 0 bridgehead atoms. The minimum atomic E-state index is 0.562. The molecule has 0 radical (unpaired) electrons. The van der Waals surface area contributed by atoms with Gasteiger partial charge in [0.05, 0.1) is 0 Å². The van der Waals surface area contributed by atoms with Crippen molar-refractivity contribution in [3.8, 4) is 5.75 Å². The molecule has 0 heterocycles. The summed E-state index contributed by atoms with van der Waals surface area (Å²) in [5, 5.41) is 2.37. The summed E-state index contributed by atoms with van der Waals surface area (Å²) in [5.74, 6) is 0.882. The lowest BCUT2D eigenvalue weighted by Gasteiger charge is -2.08. The molecular formula is C18H16BrNO. The zero-order valence-corrected chi connectivity index (χ0v) is 13.1. The van der Waals surface area contributed by atoms with Crippen LogP contribution < -0.4 is 10.5 Å². The highest BCUT2D eigenvalue weighted by Crippen LogP contribution is 2.24. The molecule has 0 aliphatic carbocycles. The second kappa shape index (κ2) is 6.29. The smallest absolute Gasteiger partial charge is 0.120 e. The first kappa shape index (κ1) is 14.1. The van der Waals surface area contributed by atoms with Crippen molar-refractivity contribution in [1.82, 2.24) is 0 Å². The van der Waals surface area contributed by atoms with Crippen molar-refractivity contribution in [3.05, 3.63) is 76.3 Å². The number of rotatable bonds is 4. The zero-order chi connectivity index (χ0) is 14.7. The molecule has 21 heavy (non-hydrogen) atoms. The molecule has 3 rings (SSSR count). The lowest BCUT2D eigenvalue weighted by atomic mass is 10.1. The van der Waals surface area contributed by atoms with E-state index in [0.717, 1.165) is 21.3 Å². The first-order chi connectivity index (χ1) is 10.2. The van der Waals surface area contributed by atoms with Gasteiger partial charge in [-0.05, 0) is 46.2 Å². The van der Waals surface area contributed by atoms with Crippen LogP contribution in [0.3, 0.4) is 0 Å². The highest BCUT2D eigenvalue weighted by Gasteiger charge is 2.00. The Balaban J connectivity index is 1.73. The molecule has 2 N–H and O–H groups in total. The van der Waals surface area contributed by atoms with Crippen LogP contribution in [0, 0.1) is 0 Å². The highest BCUT2D eigenvalue weighted by atomic mass is 79.9. The topological polar surface area (TPSA) is 35.2 Å². The SMILES string of the molecule is NCc1ccc(COc2ccc3cc(Br)ccc3c2)cc1. The molecule has 2 nitrogen and oxygen atoms in total. The van der Waals surface area contributed by atoms with Crippen LogP contribution in [0.15, 0.2) is 65.1 Å². The number of halogens is 1. The Morgan fingerprint density at radius 2 is 1.48 bits per heavy atom. The van der Waals surface area contributed by atoms with E-state index >= 15 is 0 Å². The van der Waals surface area contributed by atoms with E-state index in [1.807, 2.05) is 24.3 Å². The predicted molar refractivity (Wildman–Crippen MR) is 90.3 cm³/mol. The van der Waals surface area contributed by atoms with Crippen molar-refractivity contribution < 1.29 is 4.74 Å². The number of hydrogen-bond acceptors (Lipinski definition) is 2. The summed E-state index contributed by atoms with van der Waals surface area (Å²) in [6, 6.07) is 20.6. The minimum Gasteiger partial charge on any atom is -0.489 e. The standard InChI is InChI=1S/C18H16BrNO/c19-17-7-5-16-10-18(8-6-15(16)9-17)21-12-14-3-1-13(11-20)2-4-14/h1-10H,11-12,20H2. The maximum absolute atomic E-state index is 5.86. The number of benzene rings is 3. The third-order valence-corrected chi connectivity index (χ3v) is 3.93. The highest BCUT2D eigenvalue weighted by molar-refractivity contribution is 9.10. The normalized spacial score (nSPS) is 10.8. The van der Waals surface area contributed by atoms with Gasteiger partial charge in [0.1, 0.15) is 12.4 Å². The van der Waals surface area contributed by atoms with E-state index in [0.29, 0.717) is 13.2 Å². The van der Waals surface area contributed by atoms with Gasteiger partial charge in [-0.15, -0.1) is 0 Å². The Labute approximate surface area is 132 Å². The number of nitrogens with two attached hydrogens (primary N) is 1. The molecule has 0 fully saturated rings. The summed E-state index contributed by atoms with van der Waals surface area (Å²) in [5.41, 5.74) is 7.87. The third-order valence-electron chi connectivity index (χ3n) is 3.44. The molecule has 0 aliphatic heterocycles. The van der Waals surface area contributed by atoms with Gasteiger partial charge in [-0.3, -0.25) is 0 Å². The molecular weight excluding hydrogens is 326 g/mol. The van der Waals surface area contributed by atoms with Gasteiger partial charge >= 0.3 is 0 Å². The first-order valence-corrected chi connectivity index (χ1v) is 7.64. The fourth-order valence-electron chi connectivity index (χ4n) is 2.22. The van der Waals surface area contributed by atoms with E-state index in [4.69, 9.17) is 10.5 Å². The summed E-state index contributed by atoms with van der Waals surface area (Å²) < 4.78 is 6.95. The Bertz CT molecular complexity index is 753. The van der Waals surface area contributed by atoms with Crippen molar-refractivity contribution in [2.45, 2.75) is 13.2 Å². The van der Waals surface area contributed by atoms with E-state index in [1.54, 1.807) is 0 Å². The van der Waals surface area contributed by atoms with Gasteiger partial charge < -0.3 is 10.5 Å². The molecule has 0 saturated heterocycles. The van der Waals surface area contributed by atoms with Crippen molar-refractivity contribution in [2.75, 3.05) is 0 Å². The maximum atomic E-state index is 5.86. The van der Waals surface area contributed by atoms with Crippen LogP contribution in [-0.4, -0.2) is 0 Å². The lowest BCUT2D eigenvalue weighted by molar-refractivity contribution is 0.306. The van der Waals surface area contributed by atoms with Crippen LogP contribution in [0.1, 0.15) is 11.1 Å². The van der Waals surface area contributed by atoms with E-state index < -0.39 is 0 Å².